The molecule has 2 N–H and O–H groups in total. The fourth-order valence-electron chi connectivity index (χ4n) is 2.68. The lowest BCUT2D eigenvalue weighted by molar-refractivity contribution is 0.0199. The van der Waals surface area contributed by atoms with Crippen molar-refractivity contribution in [3.8, 4) is 0 Å². The molecule has 0 bridgehead atoms. The first kappa shape index (κ1) is 17.8. The lowest BCUT2D eigenvalue weighted by Crippen LogP contribution is -2.46. The van der Waals surface area contributed by atoms with Crippen LogP contribution in [0.1, 0.15) is 30.1 Å². The van der Waals surface area contributed by atoms with Gasteiger partial charge in [0, 0.05) is 12.1 Å². The van der Waals surface area contributed by atoms with Crippen molar-refractivity contribution >= 4 is 5.91 Å². The van der Waals surface area contributed by atoms with Gasteiger partial charge in [0.05, 0.1) is 18.8 Å². The maximum absolute atomic E-state index is 13.2. The minimum absolute atomic E-state index is 0.237. The van der Waals surface area contributed by atoms with Crippen LogP contribution in [0.15, 0.2) is 24.3 Å². The molecule has 0 aliphatic carbocycles. The Bertz CT molecular complexity index is 526. The largest absolute Gasteiger partial charge is 0.388 e. The number of halogens is 1. The Balaban J connectivity index is 1.86. The van der Waals surface area contributed by atoms with Crippen LogP contribution in [-0.4, -0.2) is 60.9 Å². The summed E-state index contributed by atoms with van der Waals surface area (Å²) in [6.07, 6.45) is 1.12. The first-order valence-electron chi connectivity index (χ1n) is 8.06. The second-order valence-corrected chi connectivity index (χ2v) is 6.07. The number of aliphatic hydroxyl groups is 1. The summed E-state index contributed by atoms with van der Waals surface area (Å²) < 4.78 is 18.8. The number of carbonyl (C=O) groups excluding carboxylic acids is 1. The normalized spacial score (nSPS) is 24.1. The molecule has 128 valence electrons. The standard InChI is InChI=1S/C17H25FN2O3/c1-3-4-8-20(2)10-15-16(21)14(11-23-15)19-17(22)12-6-5-7-13(18)9-12/h5-7,9,14-16,21H,3-4,8,10-11H2,1-2H3,(H,19,22)/t14-,15-,16+/m0/s1. The number of amides is 1. The Hall–Kier alpha value is -1.50. The van der Waals surface area contributed by atoms with Gasteiger partial charge in [-0.2, -0.15) is 0 Å². The molecule has 1 aromatic carbocycles. The summed E-state index contributed by atoms with van der Waals surface area (Å²) >= 11 is 0. The van der Waals surface area contributed by atoms with Crippen molar-refractivity contribution in [3.05, 3.63) is 35.6 Å². The molecule has 0 saturated carbocycles. The quantitative estimate of drug-likeness (QED) is 0.796. The van der Waals surface area contributed by atoms with Gasteiger partial charge in [-0.05, 0) is 38.2 Å². The molecule has 0 radical (unpaired) electrons. The number of likely N-dealkylation sites (N-methyl/N-ethyl adjacent to an activating group) is 1. The number of aliphatic hydroxyl groups excluding tert-OH is 1. The van der Waals surface area contributed by atoms with Crippen LogP contribution in [0.2, 0.25) is 0 Å². The zero-order valence-corrected chi connectivity index (χ0v) is 13.7. The smallest absolute Gasteiger partial charge is 0.251 e. The number of carbonyl (C=O) groups is 1. The van der Waals surface area contributed by atoms with Gasteiger partial charge in [0.1, 0.15) is 11.9 Å². The maximum Gasteiger partial charge on any atom is 0.251 e. The number of nitrogens with one attached hydrogen (secondary N) is 1. The Morgan fingerprint density at radius 1 is 1.52 bits per heavy atom. The van der Waals surface area contributed by atoms with Gasteiger partial charge in [-0.15, -0.1) is 0 Å². The Labute approximate surface area is 136 Å². The molecule has 0 aromatic heterocycles. The Morgan fingerprint density at radius 2 is 2.30 bits per heavy atom. The molecule has 1 amide bonds. The van der Waals surface area contributed by atoms with Gasteiger partial charge in [-0.3, -0.25) is 4.79 Å². The number of benzene rings is 1. The number of hydrogen-bond acceptors (Lipinski definition) is 4. The first-order chi connectivity index (χ1) is 11.0. The number of rotatable bonds is 7. The van der Waals surface area contributed by atoms with Gasteiger partial charge in [0.25, 0.3) is 5.91 Å². The number of hydrogen-bond donors (Lipinski definition) is 2. The zero-order valence-electron chi connectivity index (χ0n) is 13.7. The third-order valence-corrected chi connectivity index (χ3v) is 4.07. The summed E-state index contributed by atoms with van der Waals surface area (Å²) in [6, 6.07) is 5.00. The van der Waals surface area contributed by atoms with E-state index in [2.05, 4.69) is 17.1 Å². The molecule has 0 spiro atoms. The molecule has 0 unspecified atom stereocenters. The van der Waals surface area contributed by atoms with Crippen LogP contribution in [0.4, 0.5) is 4.39 Å². The molecule has 5 nitrogen and oxygen atoms in total. The van der Waals surface area contributed by atoms with Crippen LogP contribution in [0, 0.1) is 5.82 Å². The van der Waals surface area contributed by atoms with E-state index in [0.717, 1.165) is 19.4 Å². The van der Waals surface area contributed by atoms with Gasteiger partial charge in [0.15, 0.2) is 0 Å². The van der Waals surface area contributed by atoms with Crippen LogP contribution in [0.3, 0.4) is 0 Å². The summed E-state index contributed by atoms with van der Waals surface area (Å²) in [7, 11) is 1.99. The minimum Gasteiger partial charge on any atom is -0.388 e. The fraction of sp³-hybridized carbons (Fsp3) is 0.588. The second kappa shape index (κ2) is 8.38. The van der Waals surface area contributed by atoms with Gasteiger partial charge in [-0.1, -0.05) is 19.4 Å². The molecule has 2 rings (SSSR count). The highest BCUT2D eigenvalue weighted by Crippen LogP contribution is 2.16. The Kier molecular flexibility index (Phi) is 6.50. The van der Waals surface area contributed by atoms with Crippen LogP contribution in [0.25, 0.3) is 0 Å². The van der Waals surface area contributed by atoms with Crippen molar-refractivity contribution in [2.75, 3.05) is 26.7 Å². The van der Waals surface area contributed by atoms with Crippen molar-refractivity contribution in [3.63, 3.8) is 0 Å². The molecular weight excluding hydrogens is 299 g/mol. The van der Waals surface area contributed by atoms with E-state index in [0.29, 0.717) is 6.54 Å². The topological polar surface area (TPSA) is 61.8 Å². The first-order valence-corrected chi connectivity index (χ1v) is 8.06. The van der Waals surface area contributed by atoms with Crippen LogP contribution in [0.5, 0.6) is 0 Å². The number of unbranched alkanes of at least 4 members (excludes halogenated alkanes) is 1. The molecule has 1 aromatic rings. The van der Waals surface area contributed by atoms with Gasteiger partial charge in [-0.25, -0.2) is 4.39 Å². The van der Waals surface area contributed by atoms with Crippen molar-refractivity contribution < 1.29 is 19.0 Å². The minimum atomic E-state index is -0.767. The lowest BCUT2D eigenvalue weighted by Gasteiger charge is -2.23. The highest BCUT2D eigenvalue weighted by molar-refractivity contribution is 5.94. The third kappa shape index (κ3) is 4.99. The highest BCUT2D eigenvalue weighted by Gasteiger charge is 2.37. The molecule has 23 heavy (non-hydrogen) atoms. The van der Waals surface area contributed by atoms with Crippen LogP contribution >= 0.6 is 0 Å². The molecule has 1 fully saturated rings. The van der Waals surface area contributed by atoms with Crippen molar-refractivity contribution in [2.45, 2.75) is 38.0 Å². The van der Waals surface area contributed by atoms with Crippen LogP contribution < -0.4 is 5.32 Å². The average Bonchev–Trinajstić information content (AvgIpc) is 2.86. The SMILES string of the molecule is CCCCN(C)C[C@@H]1OC[C@H](NC(=O)c2cccc(F)c2)[C@H]1O. The average molecular weight is 324 g/mol. The fourth-order valence-corrected chi connectivity index (χ4v) is 2.68. The van der Waals surface area contributed by atoms with E-state index < -0.39 is 23.9 Å². The molecule has 3 atom stereocenters. The molecule has 1 aliphatic rings. The van der Waals surface area contributed by atoms with Gasteiger partial charge < -0.3 is 20.1 Å². The van der Waals surface area contributed by atoms with E-state index in [1.54, 1.807) is 0 Å². The summed E-state index contributed by atoms with van der Waals surface area (Å²) in [5, 5.41) is 13.1. The monoisotopic (exact) mass is 324 g/mol. The van der Waals surface area contributed by atoms with E-state index in [9.17, 15) is 14.3 Å². The van der Waals surface area contributed by atoms with Crippen molar-refractivity contribution in [2.24, 2.45) is 0 Å². The Morgan fingerprint density at radius 3 is 3.00 bits per heavy atom. The third-order valence-electron chi connectivity index (χ3n) is 4.07. The maximum atomic E-state index is 13.2. The van der Waals surface area contributed by atoms with E-state index in [1.165, 1.54) is 24.3 Å². The summed E-state index contributed by atoms with van der Waals surface area (Å²) in [5.74, 6) is -0.867. The molecule has 1 heterocycles. The van der Waals surface area contributed by atoms with Crippen molar-refractivity contribution in [1.29, 1.82) is 0 Å². The second-order valence-electron chi connectivity index (χ2n) is 6.07. The predicted octanol–water partition coefficient (Wildman–Crippen LogP) is 1.42. The lowest BCUT2D eigenvalue weighted by atomic mass is 10.1. The molecule has 1 saturated heterocycles. The molecule has 6 heteroatoms. The number of nitrogens with zero attached hydrogens (tertiary/aromatic N) is 1. The predicted molar refractivity (Wildman–Crippen MR) is 85.8 cm³/mol. The number of ether oxygens (including phenoxy) is 1. The summed E-state index contributed by atoms with van der Waals surface area (Å²) in [6.45, 7) is 3.96. The van der Waals surface area contributed by atoms with E-state index >= 15 is 0 Å². The van der Waals surface area contributed by atoms with Gasteiger partial charge in [0.2, 0.25) is 0 Å². The van der Waals surface area contributed by atoms with Crippen LogP contribution in [-0.2, 0) is 4.74 Å². The van der Waals surface area contributed by atoms with E-state index in [1.807, 2.05) is 7.05 Å². The van der Waals surface area contributed by atoms with E-state index in [4.69, 9.17) is 4.74 Å². The van der Waals surface area contributed by atoms with Crippen molar-refractivity contribution in [1.82, 2.24) is 10.2 Å². The zero-order chi connectivity index (χ0) is 16.8. The highest BCUT2D eigenvalue weighted by atomic mass is 19.1. The molecule has 1 aliphatic heterocycles. The summed E-state index contributed by atoms with van der Waals surface area (Å²) in [4.78, 5) is 14.2. The summed E-state index contributed by atoms with van der Waals surface area (Å²) in [5.41, 5.74) is 0.237. The van der Waals surface area contributed by atoms with E-state index in [-0.39, 0.29) is 18.3 Å². The van der Waals surface area contributed by atoms with Gasteiger partial charge >= 0.3 is 0 Å². The molecular formula is C17H25FN2O3.